The van der Waals surface area contributed by atoms with Gasteiger partial charge in [0.2, 0.25) is 0 Å². The van der Waals surface area contributed by atoms with Crippen molar-refractivity contribution in [3.8, 4) is 0 Å². The molecule has 0 saturated carbocycles. The second-order valence-corrected chi connectivity index (χ2v) is 5.56. The molecule has 0 bridgehead atoms. The highest BCUT2D eigenvalue weighted by Gasteiger charge is 2.25. The van der Waals surface area contributed by atoms with E-state index in [0.29, 0.717) is 0 Å². The summed E-state index contributed by atoms with van der Waals surface area (Å²) in [5, 5.41) is 8.97. The Labute approximate surface area is 111 Å². The summed E-state index contributed by atoms with van der Waals surface area (Å²) in [6, 6.07) is 5.67. The summed E-state index contributed by atoms with van der Waals surface area (Å²) < 4.78 is 3.17. The molecule has 102 valence electrons. The van der Waals surface area contributed by atoms with Crippen LogP contribution in [0.1, 0.15) is 25.8 Å². The van der Waals surface area contributed by atoms with Crippen molar-refractivity contribution in [3.05, 3.63) is 34.2 Å². The summed E-state index contributed by atoms with van der Waals surface area (Å²) in [5.41, 5.74) is 2.05. The highest BCUT2D eigenvalue weighted by Crippen LogP contribution is 2.29. The maximum atomic E-state index is 11.9. The van der Waals surface area contributed by atoms with Crippen molar-refractivity contribution in [3.63, 3.8) is 0 Å². The van der Waals surface area contributed by atoms with E-state index in [2.05, 4.69) is 0 Å². The number of fused-ring (bicyclic) bond motifs is 1. The molecule has 0 radical (unpaired) electrons. The van der Waals surface area contributed by atoms with Crippen molar-refractivity contribution in [1.29, 1.82) is 0 Å². The zero-order valence-corrected chi connectivity index (χ0v) is 11.6. The molecule has 0 saturated heterocycles. The molecule has 0 fully saturated rings. The topological polar surface area (TPSA) is 64.2 Å². The Morgan fingerprint density at radius 3 is 2.37 bits per heavy atom. The number of aliphatic carboxylic acids is 1. The van der Waals surface area contributed by atoms with E-state index in [4.69, 9.17) is 5.11 Å². The summed E-state index contributed by atoms with van der Waals surface area (Å²) in [4.78, 5) is 22.8. The van der Waals surface area contributed by atoms with E-state index in [-0.39, 0.29) is 12.1 Å². The van der Waals surface area contributed by atoms with Crippen LogP contribution >= 0.6 is 0 Å². The van der Waals surface area contributed by atoms with Crippen molar-refractivity contribution in [2.75, 3.05) is 0 Å². The standard InChI is InChI=1S/C14H18N2O3/c1-14(2,8-12(17)18)9-5-6-10-11(7-9)16(4)13(19)15(10)3/h5-7H,8H2,1-4H3,(H,17,18). The van der Waals surface area contributed by atoms with E-state index in [1.807, 2.05) is 32.0 Å². The van der Waals surface area contributed by atoms with Crippen LogP contribution < -0.4 is 5.69 Å². The van der Waals surface area contributed by atoms with Crippen molar-refractivity contribution in [1.82, 2.24) is 9.13 Å². The number of hydrogen-bond donors (Lipinski definition) is 1. The van der Waals surface area contributed by atoms with Crippen LogP contribution in [0.4, 0.5) is 0 Å². The van der Waals surface area contributed by atoms with Gasteiger partial charge < -0.3 is 5.11 Å². The van der Waals surface area contributed by atoms with Gasteiger partial charge in [0.1, 0.15) is 0 Å². The number of carbonyl (C=O) groups is 1. The molecular formula is C14H18N2O3. The fourth-order valence-electron chi connectivity index (χ4n) is 2.41. The molecule has 0 atom stereocenters. The Morgan fingerprint density at radius 2 is 1.79 bits per heavy atom. The van der Waals surface area contributed by atoms with Crippen LogP contribution in [0.5, 0.6) is 0 Å². The highest BCUT2D eigenvalue weighted by molar-refractivity contribution is 5.77. The average Bonchev–Trinajstić information content (AvgIpc) is 2.53. The number of aromatic nitrogens is 2. The predicted molar refractivity (Wildman–Crippen MR) is 73.4 cm³/mol. The van der Waals surface area contributed by atoms with Crippen molar-refractivity contribution in [2.45, 2.75) is 25.7 Å². The molecule has 1 heterocycles. The zero-order valence-electron chi connectivity index (χ0n) is 11.6. The molecule has 0 aliphatic heterocycles. The van der Waals surface area contributed by atoms with Crippen LogP contribution in [-0.2, 0) is 24.3 Å². The smallest absolute Gasteiger partial charge is 0.328 e. The van der Waals surface area contributed by atoms with Crippen LogP contribution in [0.2, 0.25) is 0 Å². The van der Waals surface area contributed by atoms with E-state index in [1.54, 1.807) is 23.2 Å². The van der Waals surface area contributed by atoms with Gasteiger partial charge in [0.05, 0.1) is 17.5 Å². The highest BCUT2D eigenvalue weighted by atomic mass is 16.4. The molecule has 0 spiro atoms. The Bertz CT molecular complexity index is 707. The first-order valence-electron chi connectivity index (χ1n) is 6.12. The third kappa shape index (κ3) is 2.16. The van der Waals surface area contributed by atoms with Gasteiger partial charge in [-0.15, -0.1) is 0 Å². The number of rotatable bonds is 3. The molecule has 2 aromatic rings. The molecular weight excluding hydrogens is 244 g/mol. The van der Waals surface area contributed by atoms with E-state index in [9.17, 15) is 9.59 Å². The third-order valence-corrected chi connectivity index (χ3v) is 3.65. The SMILES string of the molecule is Cn1c(=O)n(C)c2cc(C(C)(C)CC(=O)O)ccc21. The first kappa shape index (κ1) is 13.4. The fourth-order valence-corrected chi connectivity index (χ4v) is 2.41. The summed E-state index contributed by atoms with van der Waals surface area (Å²) in [6.45, 7) is 3.78. The largest absolute Gasteiger partial charge is 0.481 e. The minimum atomic E-state index is -0.827. The number of carboxylic acids is 1. The molecule has 1 aromatic carbocycles. The minimum absolute atomic E-state index is 0.0548. The van der Waals surface area contributed by atoms with Crippen LogP contribution in [-0.4, -0.2) is 20.2 Å². The molecule has 0 amide bonds. The first-order valence-corrected chi connectivity index (χ1v) is 6.12. The molecule has 0 unspecified atom stereocenters. The van der Waals surface area contributed by atoms with Gasteiger partial charge >= 0.3 is 11.7 Å². The number of aryl methyl sites for hydroxylation is 2. The van der Waals surface area contributed by atoms with Crippen LogP contribution in [0, 0.1) is 0 Å². The van der Waals surface area contributed by atoms with Crippen molar-refractivity contribution in [2.24, 2.45) is 14.1 Å². The fraction of sp³-hybridized carbons (Fsp3) is 0.429. The average molecular weight is 262 g/mol. The quantitative estimate of drug-likeness (QED) is 0.914. The molecule has 0 aliphatic carbocycles. The van der Waals surface area contributed by atoms with Gasteiger partial charge in [-0.3, -0.25) is 13.9 Å². The van der Waals surface area contributed by atoms with Crippen LogP contribution in [0.15, 0.2) is 23.0 Å². The van der Waals surface area contributed by atoms with Gasteiger partial charge in [-0.25, -0.2) is 4.79 Å². The number of benzene rings is 1. The predicted octanol–water partition coefficient (Wildman–Crippen LogP) is 1.63. The van der Waals surface area contributed by atoms with E-state index in [0.717, 1.165) is 16.6 Å². The summed E-state index contributed by atoms with van der Waals surface area (Å²) in [5.74, 6) is -0.827. The lowest BCUT2D eigenvalue weighted by atomic mass is 9.81. The minimum Gasteiger partial charge on any atom is -0.481 e. The van der Waals surface area contributed by atoms with Gasteiger partial charge in [0, 0.05) is 19.5 Å². The number of carboxylic acid groups (broad SMARTS) is 1. The van der Waals surface area contributed by atoms with Gasteiger partial charge in [-0.05, 0) is 17.7 Å². The third-order valence-electron chi connectivity index (χ3n) is 3.65. The molecule has 19 heavy (non-hydrogen) atoms. The Kier molecular flexibility index (Phi) is 3.00. The normalized spacial score (nSPS) is 12.0. The van der Waals surface area contributed by atoms with E-state index in [1.165, 1.54) is 0 Å². The lowest BCUT2D eigenvalue weighted by molar-refractivity contribution is -0.138. The number of nitrogens with zero attached hydrogens (tertiary/aromatic N) is 2. The molecule has 0 aliphatic rings. The molecule has 1 N–H and O–H groups in total. The Hall–Kier alpha value is -2.04. The monoisotopic (exact) mass is 262 g/mol. The van der Waals surface area contributed by atoms with Gasteiger partial charge in [0.25, 0.3) is 0 Å². The maximum Gasteiger partial charge on any atom is 0.328 e. The van der Waals surface area contributed by atoms with E-state index < -0.39 is 11.4 Å². The lowest BCUT2D eigenvalue weighted by Crippen LogP contribution is -2.21. The molecule has 2 rings (SSSR count). The van der Waals surface area contributed by atoms with Gasteiger partial charge in [-0.1, -0.05) is 19.9 Å². The van der Waals surface area contributed by atoms with E-state index >= 15 is 0 Å². The zero-order chi connectivity index (χ0) is 14.4. The molecule has 5 nitrogen and oxygen atoms in total. The Balaban J connectivity index is 2.62. The second kappa shape index (κ2) is 4.26. The summed E-state index contributed by atoms with van der Waals surface area (Å²) >= 11 is 0. The first-order chi connectivity index (χ1) is 8.74. The lowest BCUT2D eigenvalue weighted by Gasteiger charge is -2.23. The molecule has 5 heteroatoms. The van der Waals surface area contributed by atoms with Gasteiger partial charge in [0.15, 0.2) is 0 Å². The maximum absolute atomic E-state index is 11.9. The number of imidazole rings is 1. The second-order valence-electron chi connectivity index (χ2n) is 5.56. The summed E-state index contributed by atoms with van der Waals surface area (Å²) in [7, 11) is 3.45. The summed E-state index contributed by atoms with van der Waals surface area (Å²) in [6.07, 6.45) is 0.0548. The Morgan fingerprint density at radius 1 is 1.21 bits per heavy atom. The van der Waals surface area contributed by atoms with Crippen molar-refractivity contribution < 1.29 is 9.90 Å². The van der Waals surface area contributed by atoms with Crippen LogP contribution in [0.25, 0.3) is 11.0 Å². The molecule has 1 aromatic heterocycles. The van der Waals surface area contributed by atoms with Gasteiger partial charge in [-0.2, -0.15) is 0 Å². The van der Waals surface area contributed by atoms with Crippen LogP contribution in [0.3, 0.4) is 0 Å². The number of hydrogen-bond acceptors (Lipinski definition) is 2. The van der Waals surface area contributed by atoms with Crippen molar-refractivity contribution >= 4 is 17.0 Å².